The number of hydrogen-bond acceptors (Lipinski definition) is 4. The Morgan fingerprint density at radius 2 is 2.00 bits per heavy atom. The van der Waals surface area contributed by atoms with Crippen molar-refractivity contribution in [2.75, 3.05) is 55.7 Å². The lowest BCUT2D eigenvalue weighted by Gasteiger charge is -2.29. The van der Waals surface area contributed by atoms with Crippen LogP contribution >= 0.6 is 11.8 Å². The first-order chi connectivity index (χ1) is 10.4. The monoisotopic (exact) mass is 306 g/mol. The Kier molecular flexibility index (Phi) is 4.87. The Morgan fingerprint density at radius 3 is 2.81 bits per heavy atom. The van der Waals surface area contributed by atoms with Gasteiger partial charge in [-0.05, 0) is 12.1 Å². The number of aliphatic hydroxyl groups excluding tert-OH is 1. The van der Waals surface area contributed by atoms with Gasteiger partial charge in [0.05, 0.1) is 18.0 Å². The Morgan fingerprint density at radius 1 is 1.19 bits per heavy atom. The van der Waals surface area contributed by atoms with E-state index in [1.165, 1.54) is 17.2 Å². The van der Waals surface area contributed by atoms with E-state index in [4.69, 9.17) is 10.1 Å². The molecule has 2 N–H and O–H groups in total. The fourth-order valence-electron chi connectivity index (χ4n) is 2.71. The predicted molar refractivity (Wildman–Crippen MR) is 89.7 cm³/mol. The van der Waals surface area contributed by atoms with Crippen LogP contribution in [0.5, 0.6) is 0 Å². The molecule has 21 heavy (non-hydrogen) atoms. The number of hydrogen-bond donors (Lipinski definition) is 2. The van der Waals surface area contributed by atoms with Crippen LogP contribution in [0.25, 0.3) is 0 Å². The first kappa shape index (κ1) is 14.5. The van der Waals surface area contributed by atoms with Crippen LogP contribution in [-0.2, 0) is 0 Å². The molecule has 1 aromatic rings. The quantitative estimate of drug-likeness (QED) is 0.873. The van der Waals surface area contributed by atoms with Crippen molar-refractivity contribution >= 4 is 29.1 Å². The summed E-state index contributed by atoms with van der Waals surface area (Å²) in [5, 5.41) is 12.4. The van der Waals surface area contributed by atoms with E-state index in [0.717, 1.165) is 37.8 Å². The van der Waals surface area contributed by atoms with Crippen LogP contribution in [0.4, 0.5) is 11.4 Å². The first-order valence-electron chi connectivity index (χ1n) is 7.48. The lowest BCUT2D eigenvalue weighted by atomic mass is 10.2. The Labute approximate surface area is 130 Å². The van der Waals surface area contributed by atoms with Crippen molar-refractivity contribution in [2.45, 2.75) is 0 Å². The van der Waals surface area contributed by atoms with Crippen molar-refractivity contribution < 1.29 is 5.11 Å². The van der Waals surface area contributed by atoms with Crippen LogP contribution in [0, 0.1) is 0 Å². The van der Waals surface area contributed by atoms with Gasteiger partial charge in [0, 0.05) is 44.2 Å². The first-order valence-corrected chi connectivity index (χ1v) is 8.64. The van der Waals surface area contributed by atoms with E-state index in [2.05, 4.69) is 33.3 Å². The van der Waals surface area contributed by atoms with Crippen molar-refractivity contribution in [2.24, 2.45) is 4.99 Å². The summed E-state index contributed by atoms with van der Waals surface area (Å²) in [4.78, 5) is 9.32. The maximum absolute atomic E-state index is 9.13. The van der Waals surface area contributed by atoms with E-state index in [0.29, 0.717) is 6.54 Å². The second-order valence-corrected chi connectivity index (χ2v) is 6.39. The molecule has 6 heteroatoms. The number of benzene rings is 1. The summed E-state index contributed by atoms with van der Waals surface area (Å²) >= 11 is 2.01. The molecule has 0 amide bonds. The van der Waals surface area contributed by atoms with Gasteiger partial charge in [-0.1, -0.05) is 12.1 Å². The second kappa shape index (κ2) is 7.04. The largest absolute Gasteiger partial charge is 0.395 e. The molecule has 0 aliphatic carbocycles. The molecule has 0 aromatic heterocycles. The van der Waals surface area contributed by atoms with Crippen LogP contribution < -0.4 is 10.2 Å². The molecule has 2 saturated heterocycles. The minimum absolute atomic E-state index is 0.158. The van der Waals surface area contributed by atoms with Crippen molar-refractivity contribution in [1.82, 2.24) is 10.2 Å². The molecule has 0 unspecified atom stereocenters. The van der Waals surface area contributed by atoms with Gasteiger partial charge < -0.3 is 20.2 Å². The van der Waals surface area contributed by atoms with Gasteiger partial charge in [0.1, 0.15) is 0 Å². The molecular weight excluding hydrogens is 284 g/mol. The maximum Gasteiger partial charge on any atom is 0.199 e. The van der Waals surface area contributed by atoms with Crippen LogP contribution in [0.2, 0.25) is 0 Å². The number of nitrogens with one attached hydrogen (secondary N) is 1. The van der Waals surface area contributed by atoms with E-state index >= 15 is 0 Å². The molecule has 0 atom stereocenters. The maximum atomic E-state index is 9.13. The molecule has 5 nitrogen and oxygen atoms in total. The highest BCUT2D eigenvalue weighted by Gasteiger charge is 2.19. The average Bonchev–Trinajstić information content (AvgIpc) is 2.96. The summed E-state index contributed by atoms with van der Waals surface area (Å²) in [5.41, 5.74) is 2.22. The molecule has 2 aliphatic heterocycles. The number of aliphatic hydroxyl groups is 1. The minimum Gasteiger partial charge on any atom is -0.395 e. The Hall–Kier alpha value is -1.40. The van der Waals surface area contributed by atoms with Gasteiger partial charge in [-0.2, -0.15) is 11.8 Å². The standard InChI is InChI=1S/C15H22N4OS/c20-10-7-19-6-5-16-15(19)17-13-3-1-2-4-14(13)18-8-11-21-12-9-18/h1-4,20H,5-12H2,(H,16,17). The molecular formula is C15H22N4OS. The summed E-state index contributed by atoms with van der Waals surface area (Å²) in [6.45, 7) is 4.75. The summed E-state index contributed by atoms with van der Waals surface area (Å²) in [6, 6.07) is 8.34. The third-order valence-corrected chi connectivity index (χ3v) is 4.74. The third kappa shape index (κ3) is 3.44. The highest BCUT2D eigenvalue weighted by molar-refractivity contribution is 7.99. The van der Waals surface area contributed by atoms with Crippen LogP contribution in [0.3, 0.4) is 0 Å². The van der Waals surface area contributed by atoms with E-state index in [1.807, 2.05) is 17.8 Å². The number of rotatable bonds is 4. The zero-order valence-corrected chi connectivity index (χ0v) is 13.0. The van der Waals surface area contributed by atoms with Crippen LogP contribution in [-0.4, -0.2) is 66.8 Å². The lowest BCUT2D eigenvalue weighted by Crippen LogP contribution is -2.33. The molecule has 1 aromatic carbocycles. The molecule has 114 valence electrons. The molecule has 2 fully saturated rings. The molecule has 0 bridgehead atoms. The van der Waals surface area contributed by atoms with Crippen molar-refractivity contribution in [3.8, 4) is 0 Å². The Bertz CT molecular complexity index is 502. The van der Waals surface area contributed by atoms with E-state index in [1.54, 1.807) is 0 Å². The van der Waals surface area contributed by atoms with Crippen molar-refractivity contribution in [3.05, 3.63) is 24.3 Å². The normalized spacial score (nSPS) is 20.9. The fraction of sp³-hybridized carbons (Fsp3) is 0.533. The smallest absolute Gasteiger partial charge is 0.199 e. The van der Waals surface area contributed by atoms with E-state index in [9.17, 15) is 0 Å². The van der Waals surface area contributed by atoms with Gasteiger partial charge in [-0.15, -0.1) is 0 Å². The summed E-state index contributed by atoms with van der Waals surface area (Å²) < 4.78 is 0. The molecule has 0 saturated carbocycles. The van der Waals surface area contributed by atoms with Gasteiger partial charge >= 0.3 is 0 Å². The summed E-state index contributed by atoms with van der Waals surface area (Å²) in [5.74, 6) is 3.24. The van der Waals surface area contributed by atoms with Crippen LogP contribution in [0.15, 0.2) is 29.3 Å². The number of guanidine groups is 1. The SMILES string of the molecule is OCCN1CCNC1=Nc1ccccc1N1CCSCC1. The number of β-amino-alcohol motifs (C(OH)–C–C–N with tert-alkyl or cyclic N) is 1. The number of thioether (sulfide) groups is 1. The molecule has 0 spiro atoms. The lowest BCUT2D eigenvalue weighted by molar-refractivity contribution is 0.257. The highest BCUT2D eigenvalue weighted by Crippen LogP contribution is 2.30. The summed E-state index contributed by atoms with van der Waals surface area (Å²) in [7, 11) is 0. The second-order valence-electron chi connectivity index (χ2n) is 5.16. The minimum atomic E-state index is 0.158. The van der Waals surface area contributed by atoms with Crippen molar-refractivity contribution in [1.29, 1.82) is 0 Å². The zero-order chi connectivity index (χ0) is 14.5. The van der Waals surface area contributed by atoms with Gasteiger partial charge in [-0.3, -0.25) is 0 Å². The molecule has 2 aliphatic rings. The number of para-hydroxylation sites is 2. The van der Waals surface area contributed by atoms with Gasteiger partial charge in [0.2, 0.25) is 0 Å². The van der Waals surface area contributed by atoms with Crippen molar-refractivity contribution in [3.63, 3.8) is 0 Å². The molecule has 2 heterocycles. The Balaban J connectivity index is 1.84. The fourth-order valence-corrected chi connectivity index (χ4v) is 3.62. The van der Waals surface area contributed by atoms with Gasteiger partial charge in [-0.25, -0.2) is 4.99 Å². The average molecular weight is 306 g/mol. The van der Waals surface area contributed by atoms with Crippen LogP contribution in [0.1, 0.15) is 0 Å². The molecule has 3 rings (SSSR count). The van der Waals surface area contributed by atoms with E-state index < -0.39 is 0 Å². The van der Waals surface area contributed by atoms with E-state index in [-0.39, 0.29) is 6.61 Å². The highest BCUT2D eigenvalue weighted by atomic mass is 32.2. The molecule has 0 radical (unpaired) electrons. The zero-order valence-electron chi connectivity index (χ0n) is 12.2. The topological polar surface area (TPSA) is 51.1 Å². The third-order valence-electron chi connectivity index (χ3n) is 3.79. The number of anilines is 1. The number of nitrogens with zero attached hydrogens (tertiary/aromatic N) is 3. The van der Waals surface area contributed by atoms with Gasteiger partial charge in [0.25, 0.3) is 0 Å². The predicted octanol–water partition coefficient (Wildman–Crippen LogP) is 1.12. The summed E-state index contributed by atoms with van der Waals surface area (Å²) in [6.07, 6.45) is 0. The van der Waals surface area contributed by atoms with Gasteiger partial charge in [0.15, 0.2) is 5.96 Å². The number of aliphatic imine (C=N–C) groups is 1.